The van der Waals surface area contributed by atoms with Crippen molar-refractivity contribution in [1.82, 2.24) is 4.98 Å². The fourth-order valence-corrected chi connectivity index (χ4v) is 1.58. The Balaban J connectivity index is 2.55. The van der Waals surface area contributed by atoms with Crippen molar-refractivity contribution in [1.29, 1.82) is 0 Å². The van der Waals surface area contributed by atoms with Gasteiger partial charge < -0.3 is 10.2 Å². The number of nitrogens with zero attached hydrogens (tertiary/aromatic N) is 1. The van der Waals surface area contributed by atoms with Crippen molar-refractivity contribution in [3.05, 3.63) is 53.5 Å². The highest BCUT2D eigenvalue weighted by atomic mass is 19.1. The highest BCUT2D eigenvalue weighted by Crippen LogP contribution is 2.20. The van der Waals surface area contributed by atoms with E-state index in [4.69, 9.17) is 10.2 Å². The Morgan fingerprint density at radius 3 is 2.11 bits per heavy atom. The van der Waals surface area contributed by atoms with Gasteiger partial charge in [0.1, 0.15) is 5.82 Å². The van der Waals surface area contributed by atoms with Crippen LogP contribution in [-0.4, -0.2) is 27.1 Å². The standard InChI is InChI=1S/C13H8FNO4/c14-8-3-1-7(2-4-8)11-5-9(12(16)17)10(6-15-11)13(18)19/h1-6H,(H,16,17)(H,18,19). The van der Waals surface area contributed by atoms with Crippen LogP contribution in [0, 0.1) is 5.82 Å². The molecule has 0 aliphatic heterocycles. The van der Waals surface area contributed by atoms with Gasteiger partial charge in [-0.15, -0.1) is 0 Å². The summed E-state index contributed by atoms with van der Waals surface area (Å²) in [4.78, 5) is 25.8. The van der Waals surface area contributed by atoms with E-state index in [0.717, 1.165) is 12.3 Å². The molecular formula is C13H8FNO4. The molecule has 0 atom stereocenters. The lowest BCUT2D eigenvalue weighted by Gasteiger charge is -2.05. The van der Waals surface area contributed by atoms with Gasteiger partial charge >= 0.3 is 11.9 Å². The van der Waals surface area contributed by atoms with Crippen LogP contribution in [0.1, 0.15) is 20.7 Å². The minimum absolute atomic E-state index is 0.266. The van der Waals surface area contributed by atoms with Gasteiger partial charge in [-0.1, -0.05) is 0 Å². The Bertz CT molecular complexity index is 652. The van der Waals surface area contributed by atoms with Crippen LogP contribution in [0.5, 0.6) is 0 Å². The maximum absolute atomic E-state index is 12.8. The largest absolute Gasteiger partial charge is 0.478 e. The Labute approximate surface area is 107 Å². The number of hydrogen-bond acceptors (Lipinski definition) is 3. The molecule has 0 radical (unpaired) electrons. The molecule has 1 heterocycles. The number of carboxylic acids is 2. The molecule has 5 nitrogen and oxygen atoms in total. The third-order valence-electron chi connectivity index (χ3n) is 2.50. The second-order valence-corrected chi connectivity index (χ2v) is 3.73. The van der Waals surface area contributed by atoms with Crippen molar-refractivity contribution in [2.45, 2.75) is 0 Å². The van der Waals surface area contributed by atoms with Crippen LogP contribution in [0.25, 0.3) is 11.3 Å². The van der Waals surface area contributed by atoms with Gasteiger partial charge in [-0.2, -0.15) is 0 Å². The Hall–Kier alpha value is -2.76. The predicted molar refractivity (Wildman–Crippen MR) is 63.5 cm³/mol. The molecule has 0 saturated carbocycles. The third kappa shape index (κ3) is 2.57. The quantitative estimate of drug-likeness (QED) is 0.884. The van der Waals surface area contributed by atoms with Gasteiger partial charge in [0.2, 0.25) is 0 Å². The Morgan fingerprint density at radius 2 is 1.58 bits per heavy atom. The molecule has 2 rings (SSSR count). The van der Waals surface area contributed by atoms with Crippen LogP contribution in [-0.2, 0) is 0 Å². The molecule has 0 spiro atoms. The minimum atomic E-state index is -1.37. The van der Waals surface area contributed by atoms with Gasteiger partial charge in [-0.25, -0.2) is 14.0 Å². The zero-order valence-corrected chi connectivity index (χ0v) is 9.50. The first-order chi connectivity index (χ1) is 8.99. The summed E-state index contributed by atoms with van der Waals surface area (Å²) < 4.78 is 12.8. The topological polar surface area (TPSA) is 87.5 Å². The summed E-state index contributed by atoms with van der Waals surface area (Å²) >= 11 is 0. The molecule has 0 amide bonds. The number of benzene rings is 1. The Morgan fingerprint density at radius 1 is 1.00 bits per heavy atom. The smallest absolute Gasteiger partial charge is 0.338 e. The molecule has 0 aliphatic rings. The lowest BCUT2D eigenvalue weighted by Crippen LogP contribution is -2.09. The molecule has 0 bridgehead atoms. The molecule has 0 unspecified atom stereocenters. The van der Waals surface area contributed by atoms with Gasteiger partial charge in [0.05, 0.1) is 16.8 Å². The average molecular weight is 261 g/mol. The van der Waals surface area contributed by atoms with Crippen molar-refractivity contribution in [3.63, 3.8) is 0 Å². The van der Waals surface area contributed by atoms with Crippen LogP contribution in [0.2, 0.25) is 0 Å². The van der Waals surface area contributed by atoms with Crippen LogP contribution in [0.4, 0.5) is 4.39 Å². The first-order valence-electron chi connectivity index (χ1n) is 5.21. The summed E-state index contributed by atoms with van der Waals surface area (Å²) in [6, 6.07) is 6.44. The van der Waals surface area contributed by atoms with Crippen LogP contribution in [0.15, 0.2) is 36.5 Å². The molecule has 19 heavy (non-hydrogen) atoms. The number of carbonyl (C=O) groups is 2. The summed E-state index contributed by atoms with van der Waals surface area (Å²) in [6.07, 6.45) is 0.977. The van der Waals surface area contributed by atoms with E-state index in [0.29, 0.717) is 5.56 Å². The first-order valence-corrected chi connectivity index (χ1v) is 5.21. The molecular weight excluding hydrogens is 253 g/mol. The van der Waals surface area contributed by atoms with Crippen LogP contribution in [0.3, 0.4) is 0 Å². The van der Waals surface area contributed by atoms with Crippen LogP contribution >= 0.6 is 0 Å². The summed E-state index contributed by atoms with van der Waals surface area (Å²) in [6.45, 7) is 0. The third-order valence-corrected chi connectivity index (χ3v) is 2.50. The van der Waals surface area contributed by atoms with Crippen molar-refractivity contribution < 1.29 is 24.2 Å². The zero-order valence-electron chi connectivity index (χ0n) is 9.50. The van der Waals surface area contributed by atoms with E-state index >= 15 is 0 Å². The minimum Gasteiger partial charge on any atom is -0.478 e. The van der Waals surface area contributed by atoms with Gasteiger partial charge in [-0.3, -0.25) is 4.98 Å². The van der Waals surface area contributed by atoms with Crippen molar-refractivity contribution in [2.24, 2.45) is 0 Å². The highest BCUT2D eigenvalue weighted by Gasteiger charge is 2.17. The van der Waals surface area contributed by atoms with Crippen molar-refractivity contribution >= 4 is 11.9 Å². The van der Waals surface area contributed by atoms with Gasteiger partial charge in [0.15, 0.2) is 0 Å². The fourth-order valence-electron chi connectivity index (χ4n) is 1.58. The second-order valence-electron chi connectivity index (χ2n) is 3.73. The lowest BCUT2D eigenvalue weighted by molar-refractivity contribution is 0.0651. The number of rotatable bonds is 3. The molecule has 0 saturated heterocycles. The number of aromatic carboxylic acids is 2. The molecule has 2 N–H and O–H groups in total. The lowest BCUT2D eigenvalue weighted by atomic mass is 10.1. The van der Waals surface area contributed by atoms with Crippen molar-refractivity contribution in [3.8, 4) is 11.3 Å². The molecule has 0 fully saturated rings. The number of aromatic nitrogens is 1. The second kappa shape index (κ2) is 4.85. The maximum Gasteiger partial charge on any atom is 0.338 e. The predicted octanol–water partition coefficient (Wildman–Crippen LogP) is 2.28. The number of carboxylic acid groups (broad SMARTS) is 2. The fraction of sp³-hybridized carbons (Fsp3) is 0. The van der Waals surface area contributed by atoms with E-state index in [1.165, 1.54) is 24.3 Å². The summed E-state index contributed by atoms with van der Waals surface area (Å²) in [5.41, 5.74) is 0.0171. The summed E-state index contributed by atoms with van der Waals surface area (Å²) in [7, 11) is 0. The van der Waals surface area contributed by atoms with E-state index in [1.54, 1.807) is 0 Å². The SMILES string of the molecule is O=C(O)c1cnc(-c2ccc(F)cc2)cc1C(=O)O. The molecule has 2 aromatic rings. The van der Waals surface area contributed by atoms with E-state index in [-0.39, 0.29) is 11.3 Å². The van der Waals surface area contributed by atoms with Gasteiger partial charge in [0, 0.05) is 11.8 Å². The normalized spacial score (nSPS) is 10.2. The number of pyridine rings is 1. The average Bonchev–Trinajstić information content (AvgIpc) is 2.38. The monoisotopic (exact) mass is 261 g/mol. The van der Waals surface area contributed by atoms with Crippen molar-refractivity contribution in [2.75, 3.05) is 0 Å². The molecule has 96 valence electrons. The van der Waals surface area contributed by atoms with Gasteiger partial charge in [0.25, 0.3) is 0 Å². The van der Waals surface area contributed by atoms with E-state index in [1.807, 2.05) is 0 Å². The van der Waals surface area contributed by atoms with E-state index in [2.05, 4.69) is 4.98 Å². The molecule has 0 aliphatic carbocycles. The number of halogens is 1. The molecule has 1 aromatic heterocycles. The molecule has 6 heteroatoms. The van der Waals surface area contributed by atoms with E-state index < -0.39 is 23.3 Å². The van der Waals surface area contributed by atoms with E-state index in [9.17, 15) is 14.0 Å². The Kier molecular flexibility index (Phi) is 3.24. The summed E-state index contributed by atoms with van der Waals surface area (Å²) in [5.74, 6) is -3.15. The molecule has 1 aromatic carbocycles. The maximum atomic E-state index is 12.8. The van der Waals surface area contributed by atoms with Crippen LogP contribution < -0.4 is 0 Å². The highest BCUT2D eigenvalue weighted by molar-refractivity contribution is 6.02. The van der Waals surface area contributed by atoms with Gasteiger partial charge in [-0.05, 0) is 30.3 Å². The number of hydrogen-bond donors (Lipinski definition) is 2. The zero-order chi connectivity index (χ0) is 14.0. The summed E-state index contributed by atoms with van der Waals surface area (Å²) in [5, 5.41) is 17.8. The first kappa shape index (κ1) is 12.7.